The number of rotatable bonds is 7. The minimum absolute atomic E-state index is 0.401. The molecular weight excluding hydrogens is 276 g/mol. The van der Waals surface area contributed by atoms with Gasteiger partial charge in [0.15, 0.2) is 0 Å². The molecule has 2 aromatic rings. The van der Waals surface area contributed by atoms with Crippen molar-refractivity contribution < 1.29 is 4.74 Å². The lowest BCUT2D eigenvalue weighted by Crippen LogP contribution is -2.17. The van der Waals surface area contributed by atoms with Crippen molar-refractivity contribution in [1.29, 1.82) is 0 Å². The van der Waals surface area contributed by atoms with E-state index in [-0.39, 0.29) is 0 Å². The van der Waals surface area contributed by atoms with Crippen molar-refractivity contribution in [2.45, 2.75) is 19.6 Å². The third-order valence-electron chi connectivity index (χ3n) is 3.40. The minimum Gasteiger partial charge on any atom is -0.497 e. The Bertz CT molecular complexity index is 631. The van der Waals surface area contributed by atoms with Crippen LogP contribution in [0.4, 0.5) is 0 Å². The molecule has 0 aliphatic carbocycles. The molecule has 2 rings (SSSR count). The molecule has 0 saturated heterocycles. The van der Waals surface area contributed by atoms with Gasteiger partial charge < -0.3 is 4.74 Å². The zero-order valence-electron chi connectivity index (χ0n) is 12.9. The Morgan fingerprint density at radius 3 is 1.95 bits per heavy atom. The van der Waals surface area contributed by atoms with Gasteiger partial charge in [-0.1, -0.05) is 41.5 Å². The van der Waals surface area contributed by atoms with Crippen molar-refractivity contribution in [3.8, 4) is 5.75 Å². The van der Waals surface area contributed by atoms with E-state index in [9.17, 15) is 0 Å². The first kappa shape index (κ1) is 15.9. The summed E-state index contributed by atoms with van der Waals surface area (Å²) < 4.78 is 5.17. The Labute approximate surface area is 130 Å². The van der Waals surface area contributed by atoms with Crippen LogP contribution in [0.3, 0.4) is 0 Å². The summed E-state index contributed by atoms with van der Waals surface area (Å²) >= 11 is 0. The highest BCUT2D eigenvalue weighted by molar-refractivity contribution is 5.27. The van der Waals surface area contributed by atoms with E-state index >= 15 is 0 Å². The smallest absolute Gasteiger partial charge is 0.118 e. The van der Waals surface area contributed by atoms with Gasteiger partial charge in [-0.3, -0.25) is 4.90 Å². The van der Waals surface area contributed by atoms with Gasteiger partial charge in [0.2, 0.25) is 0 Å². The molecule has 0 aliphatic heterocycles. The van der Waals surface area contributed by atoms with Gasteiger partial charge in [0.25, 0.3) is 0 Å². The van der Waals surface area contributed by atoms with Crippen molar-refractivity contribution in [3.63, 3.8) is 0 Å². The fourth-order valence-corrected chi connectivity index (χ4v) is 2.27. The average Bonchev–Trinajstić information content (AvgIpc) is 2.55. The quantitative estimate of drug-likeness (QED) is 0.438. The molecule has 0 unspecified atom stereocenters. The predicted octanol–water partition coefficient (Wildman–Crippen LogP) is 4.14. The van der Waals surface area contributed by atoms with Crippen molar-refractivity contribution in [2.24, 2.45) is 5.11 Å². The highest BCUT2D eigenvalue weighted by atomic mass is 16.5. The van der Waals surface area contributed by atoms with E-state index in [1.165, 1.54) is 11.1 Å². The Hall–Kier alpha value is -2.49. The molecule has 2 aromatic carbocycles. The van der Waals surface area contributed by atoms with Crippen LogP contribution < -0.4 is 4.74 Å². The molecule has 22 heavy (non-hydrogen) atoms. The van der Waals surface area contributed by atoms with E-state index in [0.29, 0.717) is 6.54 Å². The van der Waals surface area contributed by atoms with Gasteiger partial charge in [0.1, 0.15) is 5.75 Å². The predicted molar refractivity (Wildman–Crippen MR) is 87.5 cm³/mol. The summed E-state index contributed by atoms with van der Waals surface area (Å²) in [7, 11) is 3.77. The molecule has 0 spiro atoms. The first-order chi connectivity index (χ1) is 10.7. The maximum Gasteiger partial charge on any atom is 0.118 e. The SMILES string of the molecule is COc1ccc(CN(C)Cc2ccc(CN=[N+]=[N-])cc2)cc1. The molecule has 0 N–H and O–H groups in total. The van der Waals surface area contributed by atoms with E-state index in [4.69, 9.17) is 10.3 Å². The molecule has 114 valence electrons. The molecule has 0 radical (unpaired) electrons. The second-order valence-corrected chi connectivity index (χ2v) is 5.23. The molecular formula is C17H20N4O. The van der Waals surface area contributed by atoms with Gasteiger partial charge in [-0.15, -0.1) is 0 Å². The van der Waals surface area contributed by atoms with E-state index in [1.807, 2.05) is 24.3 Å². The van der Waals surface area contributed by atoms with E-state index in [2.05, 4.69) is 46.2 Å². The van der Waals surface area contributed by atoms with Crippen molar-refractivity contribution in [1.82, 2.24) is 4.90 Å². The molecule has 0 amide bonds. The maximum absolute atomic E-state index is 8.32. The van der Waals surface area contributed by atoms with Gasteiger partial charge in [0, 0.05) is 18.0 Å². The number of methoxy groups -OCH3 is 1. The summed E-state index contributed by atoms with van der Waals surface area (Å²) in [6, 6.07) is 16.3. The molecule has 0 heterocycles. The molecule has 0 bridgehead atoms. The van der Waals surface area contributed by atoms with Crippen LogP contribution in [0.25, 0.3) is 10.4 Å². The van der Waals surface area contributed by atoms with Gasteiger partial charge in [-0.2, -0.15) is 0 Å². The maximum atomic E-state index is 8.32. The van der Waals surface area contributed by atoms with E-state index in [1.54, 1.807) is 7.11 Å². The normalized spacial score (nSPS) is 10.3. The first-order valence-corrected chi connectivity index (χ1v) is 7.11. The number of ether oxygens (including phenoxy) is 1. The van der Waals surface area contributed by atoms with Crippen LogP contribution in [0, 0.1) is 0 Å². The second-order valence-electron chi connectivity index (χ2n) is 5.23. The van der Waals surface area contributed by atoms with Gasteiger partial charge >= 0.3 is 0 Å². The van der Waals surface area contributed by atoms with Crippen LogP contribution in [0.5, 0.6) is 5.75 Å². The third-order valence-corrected chi connectivity index (χ3v) is 3.40. The van der Waals surface area contributed by atoms with Crippen molar-refractivity contribution >= 4 is 0 Å². The van der Waals surface area contributed by atoms with Gasteiger partial charge in [-0.25, -0.2) is 0 Å². The zero-order valence-corrected chi connectivity index (χ0v) is 12.9. The van der Waals surface area contributed by atoms with Crippen LogP contribution in [0.15, 0.2) is 53.6 Å². The lowest BCUT2D eigenvalue weighted by molar-refractivity contribution is 0.319. The second kappa shape index (κ2) is 8.08. The van der Waals surface area contributed by atoms with Crippen molar-refractivity contribution in [3.05, 3.63) is 75.7 Å². The topological polar surface area (TPSA) is 61.2 Å². The third kappa shape index (κ3) is 4.81. The summed E-state index contributed by atoms with van der Waals surface area (Å²) in [5, 5.41) is 3.56. The van der Waals surface area contributed by atoms with Crippen LogP contribution in [-0.2, 0) is 19.6 Å². The number of benzene rings is 2. The molecule has 0 atom stereocenters. The van der Waals surface area contributed by atoms with Crippen LogP contribution in [0.2, 0.25) is 0 Å². The highest BCUT2D eigenvalue weighted by Gasteiger charge is 2.03. The fraction of sp³-hybridized carbons (Fsp3) is 0.294. The zero-order chi connectivity index (χ0) is 15.8. The van der Waals surface area contributed by atoms with Gasteiger partial charge in [0.05, 0.1) is 13.7 Å². The monoisotopic (exact) mass is 296 g/mol. The largest absolute Gasteiger partial charge is 0.497 e. The number of nitrogens with zero attached hydrogens (tertiary/aromatic N) is 4. The lowest BCUT2D eigenvalue weighted by atomic mass is 10.1. The highest BCUT2D eigenvalue weighted by Crippen LogP contribution is 2.14. The molecule has 5 heteroatoms. The van der Waals surface area contributed by atoms with E-state index < -0.39 is 0 Å². The molecule has 0 fully saturated rings. The van der Waals surface area contributed by atoms with Crippen molar-refractivity contribution in [2.75, 3.05) is 14.2 Å². The lowest BCUT2D eigenvalue weighted by Gasteiger charge is -2.17. The Kier molecular flexibility index (Phi) is 5.83. The summed E-state index contributed by atoms with van der Waals surface area (Å²) in [4.78, 5) is 5.02. The molecule has 5 nitrogen and oxygen atoms in total. The number of azide groups is 1. The summed E-state index contributed by atoms with van der Waals surface area (Å²) in [5.41, 5.74) is 11.8. The van der Waals surface area contributed by atoms with Crippen LogP contribution in [0.1, 0.15) is 16.7 Å². The Morgan fingerprint density at radius 1 is 0.955 bits per heavy atom. The van der Waals surface area contributed by atoms with Gasteiger partial charge in [-0.05, 0) is 41.4 Å². The summed E-state index contributed by atoms with van der Waals surface area (Å²) in [6.45, 7) is 2.15. The Balaban J connectivity index is 1.90. The summed E-state index contributed by atoms with van der Waals surface area (Å²) in [5.74, 6) is 0.877. The fourth-order valence-electron chi connectivity index (χ4n) is 2.27. The number of hydrogen-bond acceptors (Lipinski definition) is 3. The molecule has 0 saturated carbocycles. The molecule has 0 aromatic heterocycles. The summed E-state index contributed by atoms with van der Waals surface area (Å²) in [6.07, 6.45) is 0. The standard InChI is InChI=1S/C17H20N4O/c1-21(13-16-7-9-17(22-2)10-8-16)12-15-5-3-14(4-6-15)11-19-20-18/h3-10H,11-13H2,1-2H3. The average molecular weight is 296 g/mol. The van der Waals surface area contributed by atoms with Crippen LogP contribution >= 0.6 is 0 Å². The minimum atomic E-state index is 0.401. The first-order valence-electron chi connectivity index (χ1n) is 7.11. The number of hydrogen-bond donors (Lipinski definition) is 0. The van der Waals surface area contributed by atoms with Crippen LogP contribution in [-0.4, -0.2) is 19.1 Å². The molecule has 0 aliphatic rings. The Morgan fingerprint density at radius 2 is 1.45 bits per heavy atom. The van der Waals surface area contributed by atoms with E-state index in [0.717, 1.165) is 24.4 Å².